The standard InChI is InChI=1S/C15H19F3O3/c1-3-9-19-10-12-5-7-13(8-6-12)21-11-14(20-4-2)15(16,17)18/h5-8,11H,3-4,9-10H2,1-2H3/b14-11-. The molecule has 0 aliphatic carbocycles. The minimum atomic E-state index is -4.57. The lowest BCUT2D eigenvalue weighted by Crippen LogP contribution is -2.15. The van der Waals surface area contributed by atoms with Crippen molar-refractivity contribution >= 4 is 0 Å². The van der Waals surface area contributed by atoms with Gasteiger partial charge in [-0.3, -0.25) is 0 Å². The van der Waals surface area contributed by atoms with Crippen molar-refractivity contribution in [2.75, 3.05) is 13.2 Å². The van der Waals surface area contributed by atoms with Crippen LogP contribution < -0.4 is 4.74 Å². The molecule has 0 spiro atoms. The van der Waals surface area contributed by atoms with Crippen molar-refractivity contribution in [3.63, 3.8) is 0 Å². The average molecular weight is 304 g/mol. The predicted molar refractivity (Wildman–Crippen MR) is 72.8 cm³/mol. The fraction of sp³-hybridized carbons (Fsp3) is 0.467. The molecule has 1 aromatic carbocycles. The van der Waals surface area contributed by atoms with Crippen LogP contribution in [0.1, 0.15) is 25.8 Å². The molecule has 0 fully saturated rings. The lowest BCUT2D eigenvalue weighted by molar-refractivity contribution is -0.132. The monoisotopic (exact) mass is 304 g/mol. The summed E-state index contributed by atoms with van der Waals surface area (Å²) in [5.74, 6) is -0.851. The van der Waals surface area contributed by atoms with Crippen molar-refractivity contribution in [2.24, 2.45) is 0 Å². The van der Waals surface area contributed by atoms with Crippen molar-refractivity contribution in [3.8, 4) is 5.75 Å². The number of halogens is 3. The third-order valence-corrected chi connectivity index (χ3v) is 2.42. The van der Waals surface area contributed by atoms with E-state index in [1.54, 1.807) is 24.3 Å². The summed E-state index contributed by atoms with van der Waals surface area (Å²) in [7, 11) is 0. The van der Waals surface area contributed by atoms with Crippen LogP contribution in [0.4, 0.5) is 13.2 Å². The van der Waals surface area contributed by atoms with Crippen LogP contribution in [0.5, 0.6) is 5.75 Å². The van der Waals surface area contributed by atoms with E-state index in [0.717, 1.165) is 12.0 Å². The van der Waals surface area contributed by atoms with Gasteiger partial charge in [0, 0.05) is 6.61 Å². The first kappa shape index (κ1) is 17.4. The topological polar surface area (TPSA) is 27.7 Å². The van der Waals surface area contributed by atoms with Crippen molar-refractivity contribution < 1.29 is 27.4 Å². The number of hydrogen-bond acceptors (Lipinski definition) is 3. The quantitative estimate of drug-likeness (QED) is 0.525. The van der Waals surface area contributed by atoms with Crippen molar-refractivity contribution in [1.82, 2.24) is 0 Å². The smallest absolute Gasteiger partial charge is 0.452 e. The van der Waals surface area contributed by atoms with Gasteiger partial charge >= 0.3 is 6.18 Å². The van der Waals surface area contributed by atoms with Gasteiger partial charge in [-0.2, -0.15) is 13.2 Å². The van der Waals surface area contributed by atoms with Crippen LogP contribution in [-0.4, -0.2) is 19.4 Å². The normalized spacial score (nSPS) is 12.3. The summed E-state index contributed by atoms with van der Waals surface area (Å²) in [6.45, 7) is 4.55. The Balaban J connectivity index is 2.61. The van der Waals surface area contributed by atoms with E-state index in [0.29, 0.717) is 25.2 Å². The largest absolute Gasteiger partial charge is 0.487 e. The summed E-state index contributed by atoms with van der Waals surface area (Å²) < 4.78 is 52.5. The van der Waals surface area contributed by atoms with Crippen molar-refractivity contribution in [1.29, 1.82) is 0 Å². The van der Waals surface area contributed by atoms with E-state index in [1.165, 1.54) is 6.92 Å². The van der Waals surface area contributed by atoms with E-state index < -0.39 is 11.9 Å². The van der Waals surface area contributed by atoms with Gasteiger partial charge in [0.25, 0.3) is 0 Å². The highest BCUT2D eigenvalue weighted by Crippen LogP contribution is 2.27. The average Bonchev–Trinajstić information content (AvgIpc) is 2.44. The molecule has 0 saturated heterocycles. The first-order chi connectivity index (χ1) is 9.97. The molecular formula is C15H19F3O3. The first-order valence-electron chi connectivity index (χ1n) is 6.70. The molecule has 0 radical (unpaired) electrons. The summed E-state index contributed by atoms with van der Waals surface area (Å²) >= 11 is 0. The van der Waals surface area contributed by atoms with E-state index in [-0.39, 0.29) is 6.61 Å². The van der Waals surface area contributed by atoms with Crippen LogP contribution in [-0.2, 0) is 16.1 Å². The van der Waals surface area contributed by atoms with Gasteiger partial charge in [-0.05, 0) is 31.0 Å². The summed E-state index contributed by atoms with van der Waals surface area (Å²) in [5.41, 5.74) is 0.931. The van der Waals surface area contributed by atoms with Gasteiger partial charge < -0.3 is 14.2 Å². The highest BCUT2D eigenvalue weighted by atomic mass is 19.4. The molecule has 0 bridgehead atoms. The zero-order valence-corrected chi connectivity index (χ0v) is 12.1. The molecule has 0 atom stereocenters. The van der Waals surface area contributed by atoms with Gasteiger partial charge in [0.2, 0.25) is 5.76 Å². The molecule has 3 nitrogen and oxygen atoms in total. The van der Waals surface area contributed by atoms with Gasteiger partial charge in [-0.25, -0.2) is 0 Å². The van der Waals surface area contributed by atoms with Crippen LogP contribution >= 0.6 is 0 Å². The molecule has 1 aromatic rings. The molecule has 0 aliphatic rings. The van der Waals surface area contributed by atoms with E-state index in [4.69, 9.17) is 9.47 Å². The number of hydrogen-bond donors (Lipinski definition) is 0. The lowest BCUT2D eigenvalue weighted by atomic mass is 10.2. The molecule has 21 heavy (non-hydrogen) atoms. The summed E-state index contributed by atoms with van der Waals surface area (Å²) in [5, 5.41) is 0. The molecule has 0 aromatic heterocycles. The predicted octanol–water partition coefficient (Wildman–Crippen LogP) is 4.43. The Hall–Kier alpha value is -1.69. The second kappa shape index (κ2) is 8.56. The Morgan fingerprint density at radius 1 is 1.14 bits per heavy atom. The summed E-state index contributed by atoms with van der Waals surface area (Å²) in [6.07, 6.45) is -3.06. The number of ether oxygens (including phenoxy) is 3. The lowest BCUT2D eigenvalue weighted by Gasteiger charge is -2.12. The maximum absolute atomic E-state index is 12.6. The number of alkyl halides is 3. The molecule has 6 heteroatoms. The minimum absolute atomic E-state index is 0.0809. The third kappa shape index (κ3) is 6.53. The van der Waals surface area contributed by atoms with Crippen molar-refractivity contribution in [2.45, 2.75) is 33.1 Å². The van der Waals surface area contributed by atoms with Gasteiger partial charge in [0.15, 0.2) is 0 Å². The molecule has 0 heterocycles. The van der Waals surface area contributed by atoms with Gasteiger partial charge in [0.05, 0.1) is 13.2 Å². The Morgan fingerprint density at radius 3 is 2.33 bits per heavy atom. The molecule has 0 saturated carbocycles. The summed E-state index contributed by atoms with van der Waals surface area (Å²) in [6, 6.07) is 6.65. The van der Waals surface area contributed by atoms with Crippen LogP contribution in [0.3, 0.4) is 0 Å². The van der Waals surface area contributed by atoms with Gasteiger partial charge in [-0.15, -0.1) is 0 Å². The molecule has 0 aliphatic heterocycles. The fourth-order valence-corrected chi connectivity index (χ4v) is 1.46. The Morgan fingerprint density at radius 2 is 1.81 bits per heavy atom. The van der Waals surface area contributed by atoms with E-state index in [9.17, 15) is 13.2 Å². The first-order valence-corrected chi connectivity index (χ1v) is 6.70. The van der Waals surface area contributed by atoms with E-state index in [1.807, 2.05) is 6.92 Å². The Labute approximate surface area is 122 Å². The molecule has 118 valence electrons. The molecular weight excluding hydrogens is 285 g/mol. The Bertz CT molecular complexity index is 438. The third-order valence-electron chi connectivity index (χ3n) is 2.42. The Kier molecular flexibility index (Phi) is 7.08. The highest BCUT2D eigenvalue weighted by Gasteiger charge is 2.36. The number of rotatable bonds is 8. The van der Waals surface area contributed by atoms with Crippen LogP contribution in [0.25, 0.3) is 0 Å². The van der Waals surface area contributed by atoms with Crippen LogP contribution in [0, 0.1) is 0 Å². The zero-order chi connectivity index (χ0) is 15.7. The summed E-state index contributed by atoms with van der Waals surface area (Å²) in [4.78, 5) is 0. The van der Waals surface area contributed by atoms with E-state index in [2.05, 4.69) is 4.74 Å². The van der Waals surface area contributed by atoms with Crippen molar-refractivity contribution in [3.05, 3.63) is 41.9 Å². The molecule has 0 amide bonds. The second-order valence-corrected chi connectivity index (χ2v) is 4.23. The zero-order valence-electron chi connectivity index (χ0n) is 12.1. The molecule has 0 N–H and O–H groups in total. The van der Waals surface area contributed by atoms with Crippen LogP contribution in [0.2, 0.25) is 0 Å². The highest BCUT2D eigenvalue weighted by molar-refractivity contribution is 5.27. The van der Waals surface area contributed by atoms with E-state index >= 15 is 0 Å². The molecule has 0 unspecified atom stereocenters. The maximum Gasteiger partial charge on any atom is 0.452 e. The van der Waals surface area contributed by atoms with Crippen LogP contribution in [0.15, 0.2) is 36.3 Å². The fourth-order valence-electron chi connectivity index (χ4n) is 1.46. The maximum atomic E-state index is 12.6. The number of allylic oxidation sites excluding steroid dienone is 1. The number of benzene rings is 1. The molecule has 1 rings (SSSR count). The SMILES string of the molecule is CCCOCc1ccc(O/C=C(\OCC)C(F)(F)F)cc1. The van der Waals surface area contributed by atoms with Gasteiger partial charge in [-0.1, -0.05) is 19.1 Å². The second-order valence-electron chi connectivity index (χ2n) is 4.23. The minimum Gasteiger partial charge on any atom is -0.487 e. The van der Waals surface area contributed by atoms with Gasteiger partial charge in [0.1, 0.15) is 12.0 Å².